The van der Waals surface area contributed by atoms with E-state index in [1.54, 1.807) is 26.8 Å². The number of aliphatic hydroxyl groups is 1. The number of halogens is 5. The molecule has 4 N–H and O–H groups in total. The van der Waals surface area contributed by atoms with Crippen LogP contribution in [-0.2, 0) is 33.9 Å². The minimum atomic E-state index is -3.47. The van der Waals surface area contributed by atoms with Crippen LogP contribution in [0.3, 0.4) is 0 Å². The zero-order chi connectivity index (χ0) is 69.1. The molecular weight excluding hydrogens is 1320 g/mol. The highest BCUT2D eigenvalue weighted by Crippen LogP contribution is 2.36. The van der Waals surface area contributed by atoms with Crippen LogP contribution in [0.4, 0.5) is 40.4 Å². The van der Waals surface area contributed by atoms with Gasteiger partial charge in [-0.1, -0.05) is 48.7 Å². The normalized spacial score (nSPS) is 16.5. The number of aromatic nitrogens is 6. The summed E-state index contributed by atoms with van der Waals surface area (Å²) < 4.78 is 103. The standard InChI is InChI=1S/C23H29FN4O5S.C14H20ClN3O3.C10H19NO3.C9H10FNO2S.C4H2Cl2N2.C2H6/c1-23(2,3)33-22(29)28-10-8-15(9-11-28)32-21-13-20(25-14-26-21)27-19-7-6-17(12-18(19)24)34(30,31)16-4-5-16;1-14(2,3)21-13(19)18-6-4-10(5-7-18)20-12-8-11(15)16-9-17-12;1-10(2,3)14-9(13)11-6-4-8(12)5-7-11;10-8-5-7(3-4-9(8)11)14(12,13)6-1-2-6;5-3-1-4(6)8-2-7-3;1-2/h6-7,12-16H,4-5,8-11H2,1-3H3,(H,25,26,27);8-10H,4-7H2,1-3H3;8,12H,4-7H2,1-3H3;3-6H,1-2,11H2;1-2H;1-2H3. The first kappa shape index (κ1) is 77.0. The van der Waals surface area contributed by atoms with Crippen molar-refractivity contribution in [2.45, 2.75) is 196 Å². The van der Waals surface area contributed by atoms with Gasteiger partial charge < -0.3 is 54.5 Å². The molecule has 5 aromatic rings. The minimum absolute atomic E-state index is 0.0116. The molecule has 0 spiro atoms. The fraction of sp³-hybridized carbons (Fsp3) is 0.565. The summed E-state index contributed by atoms with van der Waals surface area (Å²) in [6.45, 7) is 24.1. The van der Waals surface area contributed by atoms with Crippen molar-refractivity contribution >= 4 is 89.9 Å². The van der Waals surface area contributed by atoms with Gasteiger partial charge >= 0.3 is 18.3 Å². The fourth-order valence-corrected chi connectivity index (χ4v) is 12.4. The first-order valence-electron chi connectivity index (χ1n) is 30.5. The molecule has 3 aliphatic heterocycles. The zero-order valence-electron chi connectivity index (χ0n) is 54.3. The number of aliphatic hydroxyl groups excluding tert-OH is 1. The molecule has 0 unspecified atom stereocenters. The Hall–Kier alpha value is -6.72. The highest BCUT2D eigenvalue weighted by molar-refractivity contribution is 7.92. The molecule has 5 aliphatic rings. The van der Waals surface area contributed by atoms with Crippen molar-refractivity contribution in [1.82, 2.24) is 44.6 Å². The molecular formula is C62H86Cl3F2N11O13S2. The second-order valence-corrected chi connectivity index (χ2v) is 30.4. The molecule has 0 radical (unpaired) electrons. The van der Waals surface area contributed by atoms with E-state index in [-0.39, 0.29) is 63.0 Å². The summed E-state index contributed by atoms with van der Waals surface area (Å²) in [6, 6.07) is 12.1. The van der Waals surface area contributed by atoms with Crippen molar-refractivity contribution < 1.29 is 68.8 Å². The Balaban J connectivity index is 0.000000227. The van der Waals surface area contributed by atoms with Gasteiger partial charge in [-0.3, -0.25) is 0 Å². The predicted molar refractivity (Wildman–Crippen MR) is 349 cm³/mol. The Morgan fingerprint density at radius 1 is 0.516 bits per heavy atom. The van der Waals surface area contributed by atoms with Crippen molar-refractivity contribution in [3.8, 4) is 11.8 Å². The monoisotopic (exact) mass is 1400 g/mol. The number of sulfone groups is 2. The number of hydrogen-bond acceptors (Lipinski definition) is 21. The minimum Gasteiger partial charge on any atom is -0.474 e. The number of anilines is 3. The van der Waals surface area contributed by atoms with Gasteiger partial charge in [-0.15, -0.1) is 0 Å². The SMILES string of the molecule is CC.CC(C)(C)OC(=O)N1CCC(O)CC1.CC(C)(C)OC(=O)N1CCC(Oc2cc(Cl)ncn2)CC1.CC(C)(C)OC(=O)N1CCC(Oc2cc(Nc3ccc(S(=O)(=O)C4CC4)cc3F)ncn2)CC1.Clc1cc(Cl)ncn1.Nc1ccc(S(=O)(=O)C2CC2)cc1F. The second kappa shape index (κ2) is 34.6. The Bertz CT molecular complexity index is 3470. The molecule has 3 saturated heterocycles. The van der Waals surface area contributed by atoms with E-state index in [9.17, 15) is 45.1 Å². The van der Waals surface area contributed by atoms with E-state index in [0.29, 0.717) is 124 Å². The van der Waals surface area contributed by atoms with Crippen molar-refractivity contribution in [2.75, 3.05) is 50.3 Å². The van der Waals surface area contributed by atoms with E-state index in [1.165, 1.54) is 49.3 Å². The summed E-state index contributed by atoms with van der Waals surface area (Å²) in [5, 5.41) is 12.5. The van der Waals surface area contributed by atoms with E-state index in [2.05, 4.69) is 35.2 Å². The van der Waals surface area contributed by atoms with Gasteiger partial charge in [-0.05, 0) is 137 Å². The van der Waals surface area contributed by atoms with E-state index in [1.807, 2.05) is 76.2 Å². The molecule has 93 heavy (non-hydrogen) atoms. The lowest BCUT2D eigenvalue weighted by molar-refractivity contribution is 0.00935. The first-order valence-corrected chi connectivity index (χ1v) is 34.7. The molecule has 6 heterocycles. The molecule has 2 aliphatic carbocycles. The number of ether oxygens (including phenoxy) is 5. The molecule has 2 saturated carbocycles. The number of benzene rings is 2. The number of likely N-dealkylation sites (tertiary alicyclic amines) is 3. The second-order valence-electron chi connectivity index (χ2n) is 24.8. The third-order valence-electron chi connectivity index (χ3n) is 13.5. The maximum absolute atomic E-state index is 14.6. The maximum atomic E-state index is 14.6. The van der Waals surface area contributed by atoms with E-state index in [4.69, 9.17) is 64.2 Å². The first-order chi connectivity index (χ1) is 43.5. The molecule has 3 amide bonds. The quantitative estimate of drug-likeness (QED) is 0.0664. The lowest BCUT2D eigenvalue weighted by Gasteiger charge is -2.33. The molecule has 3 aromatic heterocycles. The number of nitrogens with two attached hydrogens (primary N) is 1. The number of amides is 3. The van der Waals surface area contributed by atoms with Crippen LogP contribution in [-0.4, -0.2) is 170 Å². The summed E-state index contributed by atoms with van der Waals surface area (Å²) in [5.41, 5.74) is 3.88. The largest absolute Gasteiger partial charge is 0.474 e. The number of carbonyl (C=O) groups excluding carboxylic acids is 3. The lowest BCUT2D eigenvalue weighted by Crippen LogP contribution is -2.44. The number of carbonyl (C=O) groups is 3. The average Bonchev–Trinajstić information content (AvgIpc) is 1.64. The van der Waals surface area contributed by atoms with Crippen LogP contribution in [0.5, 0.6) is 11.8 Å². The van der Waals surface area contributed by atoms with Crippen LogP contribution in [0.15, 0.2) is 83.4 Å². The van der Waals surface area contributed by atoms with Crippen LogP contribution in [0, 0.1) is 11.6 Å². The highest BCUT2D eigenvalue weighted by atomic mass is 35.5. The Labute approximate surface area is 558 Å². The molecule has 0 bridgehead atoms. The number of nitrogens with zero attached hydrogens (tertiary/aromatic N) is 9. The number of rotatable bonds is 10. The lowest BCUT2D eigenvalue weighted by atomic mass is 10.1. The van der Waals surface area contributed by atoms with Gasteiger partial charge in [0.15, 0.2) is 19.7 Å². The van der Waals surface area contributed by atoms with Crippen LogP contribution >= 0.6 is 34.8 Å². The number of nitrogens with one attached hydrogen (secondary N) is 1. The van der Waals surface area contributed by atoms with Crippen molar-refractivity contribution in [3.63, 3.8) is 0 Å². The number of hydrogen-bond donors (Lipinski definition) is 3. The average molecular weight is 1400 g/mol. The maximum Gasteiger partial charge on any atom is 0.410 e. The van der Waals surface area contributed by atoms with Gasteiger partial charge in [-0.25, -0.2) is 69.9 Å². The predicted octanol–water partition coefficient (Wildman–Crippen LogP) is 12.5. The molecule has 0 atom stereocenters. The molecule has 24 nitrogen and oxygen atoms in total. The zero-order valence-corrected chi connectivity index (χ0v) is 58.2. The number of nitrogen functional groups attached to an aromatic ring is 1. The number of piperidine rings is 3. The Kier molecular flexibility index (Phi) is 28.7. The van der Waals surface area contributed by atoms with Crippen LogP contribution in [0.25, 0.3) is 0 Å². The van der Waals surface area contributed by atoms with Gasteiger partial charge in [0.1, 0.15) is 80.9 Å². The van der Waals surface area contributed by atoms with E-state index in [0.717, 1.165) is 25.0 Å². The summed E-state index contributed by atoms with van der Waals surface area (Å²) in [4.78, 5) is 64.0. The van der Waals surface area contributed by atoms with Crippen LogP contribution in [0.1, 0.15) is 140 Å². The Morgan fingerprint density at radius 2 is 0.871 bits per heavy atom. The topological polar surface area (TPSA) is 311 Å². The van der Waals surface area contributed by atoms with E-state index < -0.39 is 53.4 Å². The van der Waals surface area contributed by atoms with Gasteiger partial charge in [0.25, 0.3) is 0 Å². The molecule has 2 aromatic carbocycles. The van der Waals surface area contributed by atoms with Gasteiger partial charge in [0.2, 0.25) is 11.8 Å². The van der Waals surface area contributed by atoms with Gasteiger partial charge in [0, 0.05) is 83.2 Å². The third-order valence-corrected chi connectivity index (χ3v) is 18.6. The smallest absolute Gasteiger partial charge is 0.410 e. The summed E-state index contributed by atoms with van der Waals surface area (Å²) in [5.74, 6) is -0.260. The van der Waals surface area contributed by atoms with E-state index >= 15 is 0 Å². The molecule has 31 heteroatoms. The molecule has 10 rings (SSSR count). The summed E-state index contributed by atoms with van der Waals surface area (Å²) >= 11 is 16.6. The third kappa shape index (κ3) is 26.9. The fourth-order valence-electron chi connectivity index (χ4n) is 8.59. The van der Waals surface area contributed by atoms with Crippen molar-refractivity contribution in [1.29, 1.82) is 0 Å². The van der Waals surface area contributed by atoms with Crippen molar-refractivity contribution in [2.24, 2.45) is 0 Å². The van der Waals surface area contributed by atoms with Crippen LogP contribution in [0.2, 0.25) is 15.5 Å². The highest BCUT2D eigenvalue weighted by Gasteiger charge is 2.38. The Morgan fingerprint density at radius 3 is 1.23 bits per heavy atom. The van der Waals surface area contributed by atoms with Gasteiger partial charge in [-0.2, -0.15) is 0 Å². The molecule has 514 valence electrons. The van der Waals surface area contributed by atoms with Gasteiger partial charge in [0.05, 0.1) is 37.8 Å². The summed E-state index contributed by atoms with van der Waals surface area (Å²) in [6.07, 6.45) is 9.34. The molecule has 5 fully saturated rings. The summed E-state index contributed by atoms with van der Waals surface area (Å²) in [7, 11) is -6.77. The van der Waals surface area contributed by atoms with Crippen molar-refractivity contribution in [3.05, 3.63) is 101 Å². The van der Waals surface area contributed by atoms with Crippen LogP contribution < -0.4 is 20.5 Å².